The standard InChI is InChI=1S/C14H17N3O6/c1-2-22-10-5-3-9(4-6-10)13(20)16-7-12(19)23-8-11(18)17-14(15)21/h3-6H,2,7-8H2,1H3,(H,16,20)(H3,15,17,18,21). The Morgan fingerprint density at radius 1 is 1.13 bits per heavy atom. The SMILES string of the molecule is CCOc1ccc(C(=O)NCC(=O)OCC(=O)NC(N)=O)cc1. The topological polar surface area (TPSA) is 137 Å². The number of rotatable bonds is 7. The van der Waals surface area contributed by atoms with Crippen molar-refractivity contribution in [3.05, 3.63) is 29.8 Å². The molecule has 0 aliphatic carbocycles. The maximum atomic E-state index is 11.8. The molecule has 23 heavy (non-hydrogen) atoms. The summed E-state index contributed by atoms with van der Waals surface area (Å²) in [6.45, 7) is 1.27. The summed E-state index contributed by atoms with van der Waals surface area (Å²) in [7, 11) is 0. The van der Waals surface area contributed by atoms with Crippen LogP contribution in [0.15, 0.2) is 24.3 Å². The molecule has 0 saturated carbocycles. The van der Waals surface area contributed by atoms with Crippen LogP contribution in [0.3, 0.4) is 0 Å². The molecule has 0 atom stereocenters. The van der Waals surface area contributed by atoms with Gasteiger partial charge in [0.15, 0.2) is 6.61 Å². The number of nitrogens with two attached hydrogens (primary N) is 1. The van der Waals surface area contributed by atoms with Crippen molar-refractivity contribution in [2.45, 2.75) is 6.92 Å². The van der Waals surface area contributed by atoms with E-state index >= 15 is 0 Å². The summed E-state index contributed by atoms with van der Waals surface area (Å²) in [4.78, 5) is 44.5. The Kier molecular flexibility index (Phi) is 7.05. The van der Waals surface area contributed by atoms with Crippen molar-refractivity contribution in [2.24, 2.45) is 5.73 Å². The highest BCUT2D eigenvalue weighted by atomic mass is 16.5. The average Bonchev–Trinajstić information content (AvgIpc) is 2.51. The molecule has 124 valence electrons. The Balaban J connectivity index is 2.36. The van der Waals surface area contributed by atoms with Gasteiger partial charge in [0.25, 0.3) is 11.8 Å². The van der Waals surface area contributed by atoms with Crippen LogP contribution in [-0.4, -0.2) is 43.6 Å². The Morgan fingerprint density at radius 3 is 2.35 bits per heavy atom. The minimum Gasteiger partial charge on any atom is -0.494 e. The van der Waals surface area contributed by atoms with E-state index in [0.29, 0.717) is 17.9 Å². The molecule has 0 radical (unpaired) electrons. The van der Waals surface area contributed by atoms with E-state index in [0.717, 1.165) is 0 Å². The number of benzene rings is 1. The Morgan fingerprint density at radius 2 is 1.78 bits per heavy atom. The highest BCUT2D eigenvalue weighted by Gasteiger charge is 2.11. The first kappa shape index (κ1) is 18.0. The lowest BCUT2D eigenvalue weighted by atomic mass is 10.2. The van der Waals surface area contributed by atoms with Crippen LogP contribution >= 0.6 is 0 Å². The second-order valence-electron chi connectivity index (χ2n) is 4.21. The van der Waals surface area contributed by atoms with Crippen LogP contribution in [0.1, 0.15) is 17.3 Å². The van der Waals surface area contributed by atoms with Crippen molar-refractivity contribution in [3.63, 3.8) is 0 Å². The molecule has 1 aromatic rings. The fraction of sp³-hybridized carbons (Fsp3) is 0.286. The maximum absolute atomic E-state index is 11.8. The molecule has 0 aliphatic rings. The first-order chi connectivity index (χ1) is 10.9. The molecule has 0 heterocycles. The zero-order valence-electron chi connectivity index (χ0n) is 12.5. The van der Waals surface area contributed by atoms with Crippen LogP contribution in [-0.2, 0) is 14.3 Å². The van der Waals surface area contributed by atoms with Crippen LogP contribution in [0.4, 0.5) is 4.79 Å². The first-order valence-corrected chi connectivity index (χ1v) is 6.68. The van der Waals surface area contributed by atoms with E-state index in [-0.39, 0.29) is 0 Å². The fourth-order valence-electron chi connectivity index (χ4n) is 1.49. The number of esters is 1. The van der Waals surface area contributed by atoms with Gasteiger partial charge in [0.1, 0.15) is 12.3 Å². The Bertz CT molecular complexity index is 585. The number of carbonyl (C=O) groups is 4. The molecule has 9 nitrogen and oxygen atoms in total. The van der Waals surface area contributed by atoms with Crippen molar-refractivity contribution in [3.8, 4) is 5.75 Å². The molecule has 0 bridgehead atoms. The van der Waals surface area contributed by atoms with E-state index in [1.54, 1.807) is 29.6 Å². The largest absolute Gasteiger partial charge is 0.494 e. The molecule has 0 aliphatic heterocycles. The number of nitrogens with one attached hydrogen (secondary N) is 2. The number of hydrogen-bond donors (Lipinski definition) is 3. The molecule has 0 aromatic heterocycles. The van der Waals surface area contributed by atoms with Gasteiger partial charge < -0.3 is 20.5 Å². The lowest BCUT2D eigenvalue weighted by Crippen LogP contribution is -2.39. The third kappa shape index (κ3) is 6.93. The van der Waals surface area contributed by atoms with Gasteiger partial charge in [-0.15, -0.1) is 0 Å². The lowest BCUT2D eigenvalue weighted by molar-refractivity contribution is -0.147. The van der Waals surface area contributed by atoms with E-state index in [9.17, 15) is 19.2 Å². The summed E-state index contributed by atoms with van der Waals surface area (Å²) in [5.41, 5.74) is 5.06. The Labute approximate surface area is 132 Å². The Hall–Kier alpha value is -3.10. The number of urea groups is 1. The number of primary amides is 1. The van der Waals surface area contributed by atoms with Gasteiger partial charge in [-0.2, -0.15) is 0 Å². The molecule has 0 fully saturated rings. The molecule has 9 heteroatoms. The van der Waals surface area contributed by atoms with Gasteiger partial charge in [-0.3, -0.25) is 19.7 Å². The molecule has 0 spiro atoms. The second kappa shape index (κ2) is 9.03. The quantitative estimate of drug-likeness (QED) is 0.581. The van der Waals surface area contributed by atoms with E-state index < -0.39 is 37.0 Å². The minimum absolute atomic E-state index is 0.340. The van der Waals surface area contributed by atoms with Gasteiger partial charge in [-0.05, 0) is 31.2 Å². The van der Waals surface area contributed by atoms with E-state index in [1.807, 2.05) is 6.92 Å². The number of imide groups is 1. The number of amides is 4. The van der Waals surface area contributed by atoms with Gasteiger partial charge in [0.2, 0.25) is 0 Å². The van der Waals surface area contributed by atoms with Crippen molar-refractivity contribution >= 4 is 23.8 Å². The van der Waals surface area contributed by atoms with Gasteiger partial charge >= 0.3 is 12.0 Å². The minimum atomic E-state index is -1.05. The van der Waals surface area contributed by atoms with Crippen molar-refractivity contribution in [2.75, 3.05) is 19.8 Å². The molecule has 0 unspecified atom stereocenters. The smallest absolute Gasteiger partial charge is 0.325 e. The van der Waals surface area contributed by atoms with Gasteiger partial charge in [0, 0.05) is 5.56 Å². The van der Waals surface area contributed by atoms with E-state index in [4.69, 9.17) is 10.5 Å². The number of hydrogen-bond acceptors (Lipinski definition) is 6. The van der Waals surface area contributed by atoms with Crippen LogP contribution in [0, 0.1) is 0 Å². The van der Waals surface area contributed by atoms with E-state index in [2.05, 4.69) is 10.1 Å². The summed E-state index contributed by atoms with van der Waals surface area (Å²) in [5, 5.41) is 4.06. The zero-order valence-corrected chi connectivity index (χ0v) is 12.5. The first-order valence-electron chi connectivity index (χ1n) is 6.68. The third-order valence-corrected chi connectivity index (χ3v) is 2.45. The molecule has 1 aromatic carbocycles. The van der Waals surface area contributed by atoms with Crippen molar-refractivity contribution in [1.82, 2.24) is 10.6 Å². The molecule has 4 N–H and O–H groups in total. The average molecular weight is 323 g/mol. The highest BCUT2D eigenvalue weighted by molar-refractivity contribution is 5.97. The summed E-state index contributed by atoms with van der Waals surface area (Å²) in [6.07, 6.45) is 0. The van der Waals surface area contributed by atoms with Crippen molar-refractivity contribution in [1.29, 1.82) is 0 Å². The number of ether oxygens (including phenoxy) is 2. The third-order valence-electron chi connectivity index (χ3n) is 2.45. The monoisotopic (exact) mass is 323 g/mol. The van der Waals surface area contributed by atoms with Crippen LogP contribution in [0.5, 0.6) is 5.75 Å². The predicted molar refractivity (Wildman–Crippen MR) is 78.6 cm³/mol. The molecular formula is C14H17N3O6. The predicted octanol–water partition coefficient (Wildman–Crippen LogP) is -0.447. The summed E-state index contributed by atoms with van der Waals surface area (Å²) in [6, 6.07) is 5.31. The number of carbonyl (C=O) groups excluding carboxylic acids is 4. The van der Waals surface area contributed by atoms with Crippen LogP contribution in [0.25, 0.3) is 0 Å². The lowest BCUT2D eigenvalue weighted by Gasteiger charge is -2.07. The summed E-state index contributed by atoms with van der Waals surface area (Å²) >= 11 is 0. The van der Waals surface area contributed by atoms with Crippen LogP contribution in [0.2, 0.25) is 0 Å². The van der Waals surface area contributed by atoms with Crippen LogP contribution < -0.4 is 21.1 Å². The molecule has 1 rings (SSSR count). The van der Waals surface area contributed by atoms with E-state index in [1.165, 1.54) is 0 Å². The summed E-state index contributed by atoms with van der Waals surface area (Å²) < 4.78 is 9.79. The van der Waals surface area contributed by atoms with Gasteiger partial charge in [0.05, 0.1) is 6.61 Å². The van der Waals surface area contributed by atoms with Gasteiger partial charge in [-0.25, -0.2) is 4.79 Å². The van der Waals surface area contributed by atoms with Gasteiger partial charge in [-0.1, -0.05) is 0 Å². The molecule has 0 saturated heterocycles. The zero-order chi connectivity index (χ0) is 17.2. The molecule has 4 amide bonds. The molecular weight excluding hydrogens is 306 g/mol. The normalized spacial score (nSPS) is 9.61. The second-order valence-corrected chi connectivity index (χ2v) is 4.21. The summed E-state index contributed by atoms with van der Waals surface area (Å²) in [5.74, 6) is -1.54. The maximum Gasteiger partial charge on any atom is 0.325 e. The highest BCUT2D eigenvalue weighted by Crippen LogP contribution is 2.11. The fourth-order valence-corrected chi connectivity index (χ4v) is 1.49. The van der Waals surface area contributed by atoms with Crippen molar-refractivity contribution < 1.29 is 28.7 Å².